The summed E-state index contributed by atoms with van der Waals surface area (Å²) in [6, 6.07) is 11.5. The Balaban J connectivity index is 1.69. The van der Waals surface area contributed by atoms with Crippen LogP contribution in [-0.2, 0) is 21.2 Å². The predicted molar refractivity (Wildman–Crippen MR) is 109 cm³/mol. The van der Waals surface area contributed by atoms with Crippen molar-refractivity contribution < 1.29 is 18.0 Å². The number of hydrogen-bond acceptors (Lipinski definition) is 4. The van der Waals surface area contributed by atoms with Crippen molar-refractivity contribution in [3.05, 3.63) is 63.6 Å². The van der Waals surface area contributed by atoms with Gasteiger partial charge < -0.3 is 5.32 Å². The van der Waals surface area contributed by atoms with Crippen molar-refractivity contribution in [1.82, 2.24) is 5.32 Å². The first kappa shape index (κ1) is 20.6. The van der Waals surface area contributed by atoms with Gasteiger partial charge in [-0.05, 0) is 42.3 Å². The predicted octanol–water partition coefficient (Wildman–Crippen LogP) is 3.28. The van der Waals surface area contributed by atoms with Crippen molar-refractivity contribution in [3.8, 4) is 0 Å². The number of halogens is 2. The van der Waals surface area contributed by atoms with E-state index in [1.807, 2.05) is 12.1 Å². The van der Waals surface area contributed by atoms with E-state index in [0.717, 1.165) is 9.87 Å². The molecule has 148 valence electrons. The third kappa shape index (κ3) is 4.32. The first-order valence-corrected chi connectivity index (χ1v) is 10.9. The second-order valence-corrected chi connectivity index (χ2v) is 9.28. The fourth-order valence-electron chi connectivity index (χ4n) is 2.97. The van der Waals surface area contributed by atoms with E-state index in [4.69, 9.17) is 23.2 Å². The highest BCUT2D eigenvalue weighted by Crippen LogP contribution is 2.31. The lowest BCUT2D eigenvalue weighted by molar-refractivity contribution is -0.119. The van der Waals surface area contributed by atoms with E-state index in [0.29, 0.717) is 18.0 Å². The molecule has 6 nitrogen and oxygen atoms in total. The summed E-state index contributed by atoms with van der Waals surface area (Å²) in [6.07, 6.45) is 0.622. The summed E-state index contributed by atoms with van der Waals surface area (Å²) >= 11 is 12.0. The fourth-order valence-corrected chi connectivity index (χ4v) is 5.17. The van der Waals surface area contributed by atoms with E-state index in [1.54, 1.807) is 19.1 Å². The Morgan fingerprint density at radius 1 is 1.18 bits per heavy atom. The van der Waals surface area contributed by atoms with Gasteiger partial charge in [0.1, 0.15) is 0 Å². The zero-order valence-electron chi connectivity index (χ0n) is 15.0. The van der Waals surface area contributed by atoms with Gasteiger partial charge in [-0.2, -0.15) is 0 Å². The molecule has 1 heterocycles. The van der Waals surface area contributed by atoms with E-state index < -0.39 is 21.8 Å². The fraction of sp³-hybridized carbons (Fsp3) is 0.263. The monoisotopic (exact) mass is 440 g/mol. The Labute approximate surface area is 173 Å². The number of carbonyl (C=O) groups is 2. The first-order chi connectivity index (χ1) is 13.2. The zero-order chi connectivity index (χ0) is 20.5. The lowest BCUT2D eigenvalue weighted by Crippen LogP contribution is -2.30. The number of carbonyl (C=O) groups excluding carboxylic acids is 2. The van der Waals surface area contributed by atoms with Crippen LogP contribution in [0.15, 0.2) is 42.5 Å². The molecule has 1 aliphatic rings. The summed E-state index contributed by atoms with van der Waals surface area (Å²) < 4.78 is 25.1. The molecule has 0 spiro atoms. The van der Waals surface area contributed by atoms with Crippen molar-refractivity contribution in [2.75, 3.05) is 16.6 Å². The van der Waals surface area contributed by atoms with Gasteiger partial charge in [0.25, 0.3) is 5.91 Å². The molecule has 1 atom stereocenters. The minimum atomic E-state index is -3.72. The summed E-state index contributed by atoms with van der Waals surface area (Å²) in [7, 11) is -3.72. The lowest BCUT2D eigenvalue weighted by atomic mass is 10.1. The number of hydrogen-bond donors (Lipinski definition) is 1. The third-order valence-electron chi connectivity index (χ3n) is 4.40. The summed E-state index contributed by atoms with van der Waals surface area (Å²) in [5, 5.41) is 3.49. The second-order valence-electron chi connectivity index (χ2n) is 6.58. The number of rotatable bonds is 5. The van der Waals surface area contributed by atoms with Crippen LogP contribution in [-0.4, -0.2) is 32.5 Å². The molecular formula is C19H18Cl2N2O4S. The van der Waals surface area contributed by atoms with E-state index in [-0.39, 0.29) is 27.9 Å². The van der Waals surface area contributed by atoms with Crippen molar-refractivity contribution in [3.63, 3.8) is 0 Å². The highest BCUT2D eigenvalue weighted by Gasteiger charge is 2.42. The number of amides is 2. The largest absolute Gasteiger partial charge is 0.352 e. The summed E-state index contributed by atoms with van der Waals surface area (Å²) in [6.45, 7) is 1.96. The molecule has 3 rings (SSSR count). The maximum absolute atomic E-state index is 12.4. The molecule has 2 aromatic carbocycles. The molecule has 1 unspecified atom stereocenters. The van der Waals surface area contributed by atoms with Crippen LogP contribution >= 0.6 is 23.2 Å². The van der Waals surface area contributed by atoms with Gasteiger partial charge in [-0.25, -0.2) is 12.7 Å². The lowest BCUT2D eigenvalue weighted by Gasteiger charge is -2.16. The molecule has 2 aromatic rings. The minimum Gasteiger partial charge on any atom is -0.352 e. The number of nitrogens with one attached hydrogen (secondary N) is 1. The van der Waals surface area contributed by atoms with E-state index in [9.17, 15) is 18.0 Å². The van der Waals surface area contributed by atoms with Crippen LogP contribution in [0.3, 0.4) is 0 Å². The Morgan fingerprint density at radius 3 is 2.43 bits per heavy atom. The molecule has 0 aliphatic carbocycles. The Hall–Kier alpha value is -2.09. The Morgan fingerprint density at radius 2 is 1.86 bits per heavy atom. The second kappa shape index (κ2) is 8.11. The van der Waals surface area contributed by atoms with Crippen molar-refractivity contribution in [2.45, 2.75) is 13.3 Å². The summed E-state index contributed by atoms with van der Waals surface area (Å²) in [5.74, 6) is -1.73. The molecule has 1 saturated heterocycles. The molecule has 1 N–H and O–H groups in total. The summed E-state index contributed by atoms with van der Waals surface area (Å²) in [5.41, 5.74) is 1.37. The van der Waals surface area contributed by atoms with Crippen molar-refractivity contribution in [1.29, 1.82) is 0 Å². The first-order valence-electron chi connectivity index (χ1n) is 8.58. The van der Waals surface area contributed by atoms with Gasteiger partial charge in [0.2, 0.25) is 15.9 Å². The van der Waals surface area contributed by atoms with E-state index in [1.165, 1.54) is 18.2 Å². The number of nitrogens with zero attached hydrogens (tertiary/aromatic N) is 1. The van der Waals surface area contributed by atoms with Gasteiger partial charge in [0.15, 0.2) is 0 Å². The molecule has 1 aliphatic heterocycles. The molecular weight excluding hydrogens is 423 g/mol. The van der Waals surface area contributed by atoms with Gasteiger partial charge in [-0.3, -0.25) is 9.59 Å². The Kier molecular flexibility index (Phi) is 5.98. The minimum absolute atomic E-state index is 0.0732. The molecule has 1 fully saturated rings. The molecule has 0 bridgehead atoms. The van der Waals surface area contributed by atoms with Crippen LogP contribution in [0.1, 0.15) is 22.8 Å². The van der Waals surface area contributed by atoms with Crippen LogP contribution in [0, 0.1) is 5.92 Å². The summed E-state index contributed by atoms with van der Waals surface area (Å²) in [4.78, 5) is 24.5. The normalized spacial score (nSPS) is 18.3. The van der Waals surface area contributed by atoms with Crippen LogP contribution in [0.25, 0.3) is 0 Å². The topological polar surface area (TPSA) is 83.6 Å². The Bertz CT molecular complexity index is 1020. The van der Waals surface area contributed by atoms with Crippen LogP contribution < -0.4 is 9.62 Å². The molecule has 9 heteroatoms. The van der Waals surface area contributed by atoms with Gasteiger partial charge in [-0.1, -0.05) is 42.3 Å². The van der Waals surface area contributed by atoms with Crippen LogP contribution in [0.4, 0.5) is 5.69 Å². The van der Waals surface area contributed by atoms with Gasteiger partial charge in [0.05, 0.1) is 27.9 Å². The zero-order valence-corrected chi connectivity index (χ0v) is 17.3. The average molecular weight is 441 g/mol. The van der Waals surface area contributed by atoms with Gasteiger partial charge in [-0.15, -0.1) is 0 Å². The molecule has 0 aromatic heterocycles. The SMILES string of the molecule is CC1CS(=O)(=O)N(c2ccc(C(=O)NCCc3ccc(Cl)cc3)c(Cl)c2)C1=O. The van der Waals surface area contributed by atoms with Crippen LogP contribution in [0.5, 0.6) is 0 Å². The smallest absolute Gasteiger partial charge is 0.252 e. The quantitative estimate of drug-likeness (QED) is 0.772. The van der Waals surface area contributed by atoms with E-state index >= 15 is 0 Å². The van der Waals surface area contributed by atoms with Crippen molar-refractivity contribution >= 4 is 50.7 Å². The van der Waals surface area contributed by atoms with Gasteiger partial charge >= 0.3 is 0 Å². The van der Waals surface area contributed by atoms with Crippen LogP contribution in [0.2, 0.25) is 10.0 Å². The number of benzene rings is 2. The van der Waals surface area contributed by atoms with Crippen molar-refractivity contribution in [2.24, 2.45) is 5.92 Å². The van der Waals surface area contributed by atoms with Gasteiger partial charge in [0, 0.05) is 11.6 Å². The standard InChI is InChI=1S/C19H18Cl2N2O4S/c1-12-11-28(26,27)23(19(12)25)15-6-7-16(17(21)10-15)18(24)22-9-8-13-2-4-14(20)5-3-13/h2-7,10,12H,8-9,11H2,1H3,(H,22,24). The molecule has 28 heavy (non-hydrogen) atoms. The highest BCUT2D eigenvalue weighted by atomic mass is 35.5. The maximum atomic E-state index is 12.4. The highest BCUT2D eigenvalue weighted by molar-refractivity contribution is 7.94. The molecule has 0 saturated carbocycles. The number of anilines is 1. The number of sulfonamides is 1. The van der Waals surface area contributed by atoms with E-state index in [2.05, 4.69) is 5.32 Å². The molecule has 2 amide bonds. The maximum Gasteiger partial charge on any atom is 0.252 e. The molecule has 0 radical (unpaired) electrons. The third-order valence-corrected chi connectivity index (χ3v) is 6.84. The average Bonchev–Trinajstić information content (AvgIpc) is 2.83.